The monoisotopic (exact) mass is 338 g/mol. The molecule has 25 heavy (non-hydrogen) atoms. The fourth-order valence-corrected chi connectivity index (χ4v) is 2.52. The van der Waals surface area contributed by atoms with Crippen LogP contribution in [0.25, 0.3) is 0 Å². The van der Waals surface area contributed by atoms with Gasteiger partial charge in [-0.1, -0.05) is 24.3 Å². The number of rotatable bonds is 6. The van der Waals surface area contributed by atoms with E-state index in [0.29, 0.717) is 11.3 Å². The average molecular weight is 338 g/mol. The lowest BCUT2D eigenvalue weighted by atomic mass is 10.1. The van der Waals surface area contributed by atoms with Crippen LogP contribution in [0.4, 0.5) is 11.4 Å². The Labute approximate surface area is 147 Å². The first-order valence-electron chi connectivity index (χ1n) is 8.12. The highest BCUT2D eigenvalue weighted by Gasteiger charge is 2.14. The first kappa shape index (κ1) is 18.4. The molecule has 2 aromatic rings. The molecule has 5 nitrogen and oxygen atoms in total. The smallest absolute Gasteiger partial charge is 0.226 e. The number of aryl methyl sites for hydroxylation is 1. The molecule has 0 unspecified atom stereocenters. The number of amides is 2. The van der Waals surface area contributed by atoms with Gasteiger partial charge in [-0.3, -0.25) is 14.4 Å². The molecule has 0 aliphatic carbocycles. The number of carbonyl (C=O) groups is 3. The van der Waals surface area contributed by atoms with E-state index < -0.39 is 0 Å². The van der Waals surface area contributed by atoms with Crippen LogP contribution in [0.1, 0.15) is 36.2 Å². The van der Waals surface area contributed by atoms with Gasteiger partial charge in [-0.05, 0) is 43.7 Å². The summed E-state index contributed by atoms with van der Waals surface area (Å²) in [6, 6.07) is 14.4. The maximum absolute atomic E-state index is 12.2. The maximum Gasteiger partial charge on any atom is 0.226 e. The van der Waals surface area contributed by atoms with Gasteiger partial charge >= 0.3 is 0 Å². The summed E-state index contributed by atoms with van der Waals surface area (Å²) in [7, 11) is 0. The minimum absolute atomic E-state index is 0.0671. The van der Waals surface area contributed by atoms with Crippen LogP contribution in [-0.2, 0) is 9.59 Å². The van der Waals surface area contributed by atoms with Gasteiger partial charge in [0.15, 0.2) is 5.78 Å². The van der Waals surface area contributed by atoms with Crippen molar-refractivity contribution in [3.05, 3.63) is 59.7 Å². The van der Waals surface area contributed by atoms with Crippen molar-refractivity contribution in [3.8, 4) is 0 Å². The summed E-state index contributed by atoms with van der Waals surface area (Å²) in [5, 5.41) is 2.83. The predicted molar refractivity (Wildman–Crippen MR) is 98.9 cm³/mol. The number of ketones is 1. The second kappa shape index (κ2) is 8.24. The molecule has 0 saturated heterocycles. The van der Waals surface area contributed by atoms with E-state index in [0.717, 1.165) is 11.3 Å². The number of anilines is 2. The molecule has 130 valence electrons. The molecular formula is C20H22N2O3. The van der Waals surface area contributed by atoms with Gasteiger partial charge in [0.05, 0.1) is 0 Å². The number of carbonyl (C=O) groups excluding carboxylic acids is 3. The van der Waals surface area contributed by atoms with Crippen molar-refractivity contribution in [3.63, 3.8) is 0 Å². The van der Waals surface area contributed by atoms with Crippen LogP contribution in [0.5, 0.6) is 0 Å². The summed E-state index contributed by atoms with van der Waals surface area (Å²) < 4.78 is 0. The van der Waals surface area contributed by atoms with Crippen molar-refractivity contribution in [2.75, 3.05) is 16.8 Å². The highest BCUT2D eigenvalue weighted by molar-refractivity contribution is 5.98. The summed E-state index contributed by atoms with van der Waals surface area (Å²) in [5.41, 5.74) is 2.94. The number of Topliss-reactive ketones (excluding diaryl/α,β-unsaturated/α-hetero) is 1. The third kappa shape index (κ3) is 5.28. The van der Waals surface area contributed by atoms with Gasteiger partial charge in [0, 0.05) is 36.8 Å². The van der Waals surface area contributed by atoms with Gasteiger partial charge < -0.3 is 10.2 Å². The number of benzene rings is 2. The van der Waals surface area contributed by atoms with Crippen LogP contribution >= 0.6 is 0 Å². The Morgan fingerprint density at radius 1 is 1.00 bits per heavy atom. The number of nitrogens with zero attached hydrogens (tertiary/aromatic N) is 1. The van der Waals surface area contributed by atoms with Crippen LogP contribution in [0.3, 0.4) is 0 Å². The Balaban J connectivity index is 2.04. The molecule has 0 saturated carbocycles. The summed E-state index contributed by atoms with van der Waals surface area (Å²) in [6.45, 7) is 5.12. The van der Waals surface area contributed by atoms with Crippen molar-refractivity contribution >= 4 is 29.0 Å². The van der Waals surface area contributed by atoms with Crippen LogP contribution in [0, 0.1) is 6.92 Å². The minimum Gasteiger partial charge on any atom is -0.326 e. The molecule has 0 radical (unpaired) electrons. The predicted octanol–water partition coefficient (Wildman–Crippen LogP) is 3.58. The van der Waals surface area contributed by atoms with Crippen LogP contribution < -0.4 is 10.2 Å². The first-order valence-corrected chi connectivity index (χ1v) is 8.12. The van der Waals surface area contributed by atoms with Crippen molar-refractivity contribution in [2.45, 2.75) is 27.2 Å². The topological polar surface area (TPSA) is 66.5 Å². The van der Waals surface area contributed by atoms with Crippen molar-refractivity contribution in [1.82, 2.24) is 0 Å². The first-order chi connectivity index (χ1) is 11.9. The molecule has 0 bridgehead atoms. The lowest BCUT2D eigenvalue weighted by Crippen LogP contribution is -2.32. The van der Waals surface area contributed by atoms with E-state index >= 15 is 0 Å². The van der Waals surface area contributed by atoms with E-state index in [1.807, 2.05) is 31.2 Å². The van der Waals surface area contributed by atoms with Crippen molar-refractivity contribution < 1.29 is 14.4 Å². The largest absolute Gasteiger partial charge is 0.326 e. The molecule has 0 heterocycles. The highest BCUT2D eigenvalue weighted by atomic mass is 16.2. The molecule has 0 atom stereocenters. The SMILES string of the molecule is CC(=O)c1cccc(N(CCC(=O)Nc2cccc(C)c2)C(C)=O)c1. The Hall–Kier alpha value is -2.95. The summed E-state index contributed by atoms with van der Waals surface area (Å²) in [5.74, 6) is -0.411. The molecule has 0 fully saturated rings. The van der Waals surface area contributed by atoms with Crippen LogP contribution in [0.2, 0.25) is 0 Å². The number of nitrogens with one attached hydrogen (secondary N) is 1. The van der Waals surface area contributed by atoms with Gasteiger partial charge in [-0.2, -0.15) is 0 Å². The zero-order valence-corrected chi connectivity index (χ0v) is 14.7. The van der Waals surface area contributed by atoms with E-state index in [9.17, 15) is 14.4 Å². The molecule has 0 aliphatic heterocycles. The summed E-state index contributed by atoms with van der Waals surface area (Å²) in [4.78, 5) is 37.1. The molecule has 0 aromatic heterocycles. The molecule has 0 spiro atoms. The normalized spacial score (nSPS) is 10.2. The highest BCUT2D eigenvalue weighted by Crippen LogP contribution is 2.18. The fraction of sp³-hybridized carbons (Fsp3) is 0.250. The zero-order valence-electron chi connectivity index (χ0n) is 14.7. The number of hydrogen-bond donors (Lipinski definition) is 1. The average Bonchev–Trinajstić information content (AvgIpc) is 2.55. The summed E-state index contributed by atoms with van der Waals surface area (Å²) in [6.07, 6.45) is 0.165. The van der Waals surface area contributed by atoms with E-state index in [-0.39, 0.29) is 30.6 Å². The lowest BCUT2D eigenvalue weighted by Gasteiger charge is -2.21. The molecule has 1 N–H and O–H groups in total. The van der Waals surface area contributed by atoms with Crippen LogP contribution in [0.15, 0.2) is 48.5 Å². The molecule has 5 heteroatoms. The van der Waals surface area contributed by atoms with E-state index in [1.54, 1.807) is 24.3 Å². The van der Waals surface area contributed by atoms with Gasteiger partial charge in [0.1, 0.15) is 0 Å². The zero-order chi connectivity index (χ0) is 18.4. The Morgan fingerprint density at radius 2 is 1.72 bits per heavy atom. The molecule has 0 aliphatic rings. The standard InChI is InChI=1S/C20H22N2O3/c1-14-6-4-8-18(12-14)21-20(25)10-11-22(16(3)24)19-9-5-7-17(13-19)15(2)23/h4-9,12-13H,10-11H2,1-3H3,(H,21,25). The Morgan fingerprint density at radius 3 is 2.36 bits per heavy atom. The molecular weight excluding hydrogens is 316 g/mol. The fourth-order valence-electron chi connectivity index (χ4n) is 2.52. The van der Waals surface area contributed by atoms with Gasteiger partial charge in [-0.15, -0.1) is 0 Å². The molecule has 2 amide bonds. The van der Waals surface area contributed by atoms with E-state index in [4.69, 9.17) is 0 Å². The Kier molecular flexibility index (Phi) is 6.06. The second-order valence-corrected chi connectivity index (χ2v) is 5.94. The quantitative estimate of drug-likeness (QED) is 0.819. The summed E-state index contributed by atoms with van der Waals surface area (Å²) >= 11 is 0. The third-order valence-electron chi connectivity index (χ3n) is 3.81. The van der Waals surface area contributed by atoms with Crippen LogP contribution in [-0.4, -0.2) is 24.1 Å². The van der Waals surface area contributed by atoms with E-state index in [2.05, 4.69) is 5.32 Å². The molecule has 2 aromatic carbocycles. The third-order valence-corrected chi connectivity index (χ3v) is 3.81. The van der Waals surface area contributed by atoms with Gasteiger partial charge in [0.25, 0.3) is 0 Å². The molecule has 2 rings (SSSR count). The van der Waals surface area contributed by atoms with Gasteiger partial charge in [0.2, 0.25) is 11.8 Å². The maximum atomic E-state index is 12.2. The van der Waals surface area contributed by atoms with Crippen molar-refractivity contribution in [2.24, 2.45) is 0 Å². The van der Waals surface area contributed by atoms with Gasteiger partial charge in [-0.25, -0.2) is 0 Å². The van der Waals surface area contributed by atoms with Crippen molar-refractivity contribution in [1.29, 1.82) is 0 Å². The lowest BCUT2D eigenvalue weighted by molar-refractivity contribution is -0.117. The number of hydrogen-bond acceptors (Lipinski definition) is 3. The van der Waals surface area contributed by atoms with E-state index in [1.165, 1.54) is 18.7 Å². The Bertz CT molecular complexity index is 799. The minimum atomic E-state index is -0.177. The second-order valence-electron chi connectivity index (χ2n) is 5.94.